The van der Waals surface area contributed by atoms with Crippen LogP contribution in [0, 0.1) is 0 Å². The van der Waals surface area contributed by atoms with Crippen molar-refractivity contribution in [2.45, 2.75) is 51.0 Å². The van der Waals surface area contributed by atoms with E-state index in [1.807, 2.05) is 6.92 Å². The number of fused-ring (bicyclic) bond motifs is 1. The molecule has 1 N–H and O–H groups in total. The maximum absolute atomic E-state index is 9.63. The SMILES string of the molecule is CCC(O)Cc1nc(C2CCc3ccccc3C2)no1. The van der Waals surface area contributed by atoms with Crippen molar-refractivity contribution in [1.82, 2.24) is 10.1 Å². The summed E-state index contributed by atoms with van der Waals surface area (Å²) in [5, 5.41) is 13.7. The van der Waals surface area contributed by atoms with Crippen LogP contribution in [-0.2, 0) is 19.3 Å². The Morgan fingerprint density at radius 3 is 2.95 bits per heavy atom. The van der Waals surface area contributed by atoms with Gasteiger partial charge in [-0.15, -0.1) is 0 Å². The predicted molar refractivity (Wildman–Crippen MR) is 75.5 cm³/mol. The number of aromatic nitrogens is 2. The number of rotatable bonds is 4. The first-order valence-electron chi connectivity index (χ1n) is 7.33. The zero-order valence-corrected chi connectivity index (χ0v) is 11.7. The molecule has 2 aromatic rings. The van der Waals surface area contributed by atoms with E-state index in [4.69, 9.17) is 4.52 Å². The fourth-order valence-electron chi connectivity index (χ4n) is 2.78. The molecule has 0 saturated carbocycles. The fraction of sp³-hybridized carbons (Fsp3) is 0.500. The normalized spacial score (nSPS) is 19.6. The molecular formula is C16H20N2O2. The minimum Gasteiger partial charge on any atom is -0.393 e. The molecule has 2 unspecified atom stereocenters. The van der Waals surface area contributed by atoms with Crippen LogP contribution in [0.25, 0.3) is 0 Å². The van der Waals surface area contributed by atoms with Crippen LogP contribution in [0.1, 0.15) is 48.5 Å². The van der Waals surface area contributed by atoms with Gasteiger partial charge in [-0.25, -0.2) is 0 Å². The standard InChI is InChI=1S/C16H20N2O2/c1-2-14(19)10-15-17-16(18-20-15)13-8-7-11-5-3-4-6-12(11)9-13/h3-6,13-14,19H,2,7-10H2,1H3. The molecule has 4 heteroatoms. The maximum Gasteiger partial charge on any atom is 0.229 e. The fourth-order valence-corrected chi connectivity index (χ4v) is 2.78. The molecule has 0 fully saturated rings. The molecule has 0 bridgehead atoms. The number of aliphatic hydroxyl groups is 1. The Labute approximate surface area is 118 Å². The third-order valence-electron chi connectivity index (χ3n) is 4.08. The van der Waals surface area contributed by atoms with Crippen LogP contribution in [0.4, 0.5) is 0 Å². The molecule has 0 amide bonds. The molecule has 20 heavy (non-hydrogen) atoms. The van der Waals surface area contributed by atoms with Gasteiger partial charge >= 0.3 is 0 Å². The number of hydrogen-bond donors (Lipinski definition) is 1. The van der Waals surface area contributed by atoms with Crippen molar-refractivity contribution >= 4 is 0 Å². The number of aryl methyl sites for hydroxylation is 1. The summed E-state index contributed by atoms with van der Waals surface area (Å²) in [6.07, 6.45) is 3.87. The summed E-state index contributed by atoms with van der Waals surface area (Å²) < 4.78 is 5.26. The van der Waals surface area contributed by atoms with Crippen LogP contribution in [0.15, 0.2) is 28.8 Å². The largest absolute Gasteiger partial charge is 0.393 e. The summed E-state index contributed by atoms with van der Waals surface area (Å²) >= 11 is 0. The van der Waals surface area contributed by atoms with Crippen molar-refractivity contribution in [3.05, 3.63) is 47.1 Å². The van der Waals surface area contributed by atoms with E-state index in [1.165, 1.54) is 11.1 Å². The number of benzene rings is 1. The van der Waals surface area contributed by atoms with Crippen LogP contribution in [0.5, 0.6) is 0 Å². The van der Waals surface area contributed by atoms with Crippen LogP contribution < -0.4 is 0 Å². The maximum atomic E-state index is 9.63. The van der Waals surface area contributed by atoms with E-state index in [0.717, 1.165) is 25.1 Å². The first-order chi connectivity index (χ1) is 9.76. The number of nitrogens with zero attached hydrogens (tertiary/aromatic N) is 2. The summed E-state index contributed by atoms with van der Waals surface area (Å²) in [4.78, 5) is 4.46. The van der Waals surface area contributed by atoms with E-state index in [1.54, 1.807) is 0 Å². The molecule has 106 valence electrons. The highest BCUT2D eigenvalue weighted by molar-refractivity contribution is 5.31. The lowest BCUT2D eigenvalue weighted by molar-refractivity contribution is 0.158. The van der Waals surface area contributed by atoms with Gasteiger partial charge < -0.3 is 9.63 Å². The van der Waals surface area contributed by atoms with E-state index < -0.39 is 6.10 Å². The molecule has 1 aliphatic carbocycles. The second-order valence-corrected chi connectivity index (χ2v) is 5.52. The van der Waals surface area contributed by atoms with Gasteiger partial charge in [-0.3, -0.25) is 0 Å². The Balaban J connectivity index is 1.72. The van der Waals surface area contributed by atoms with Gasteiger partial charge in [-0.2, -0.15) is 4.98 Å². The molecule has 0 radical (unpaired) electrons. The van der Waals surface area contributed by atoms with Gasteiger partial charge in [-0.05, 0) is 36.8 Å². The van der Waals surface area contributed by atoms with Gasteiger partial charge in [0.1, 0.15) is 0 Å². The van der Waals surface area contributed by atoms with Crippen LogP contribution in [0.2, 0.25) is 0 Å². The van der Waals surface area contributed by atoms with Crippen LogP contribution in [0.3, 0.4) is 0 Å². The molecule has 1 aromatic carbocycles. The molecule has 1 heterocycles. The zero-order chi connectivity index (χ0) is 13.9. The second-order valence-electron chi connectivity index (χ2n) is 5.52. The van der Waals surface area contributed by atoms with E-state index in [0.29, 0.717) is 24.7 Å². The van der Waals surface area contributed by atoms with Crippen molar-refractivity contribution < 1.29 is 9.63 Å². The highest BCUT2D eigenvalue weighted by atomic mass is 16.5. The monoisotopic (exact) mass is 272 g/mol. The minimum absolute atomic E-state index is 0.334. The average molecular weight is 272 g/mol. The minimum atomic E-state index is -0.393. The van der Waals surface area contributed by atoms with E-state index >= 15 is 0 Å². The van der Waals surface area contributed by atoms with Crippen molar-refractivity contribution in [3.63, 3.8) is 0 Å². The lowest BCUT2D eigenvalue weighted by Gasteiger charge is -2.21. The third kappa shape index (κ3) is 2.75. The summed E-state index contributed by atoms with van der Waals surface area (Å²) in [6, 6.07) is 8.56. The van der Waals surface area contributed by atoms with Crippen molar-refractivity contribution in [2.75, 3.05) is 0 Å². The Morgan fingerprint density at radius 1 is 1.35 bits per heavy atom. The van der Waals surface area contributed by atoms with Crippen molar-refractivity contribution in [2.24, 2.45) is 0 Å². The number of hydrogen-bond acceptors (Lipinski definition) is 4. The third-order valence-corrected chi connectivity index (χ3v) is 4.08. The molecule has 1 aromatic heterocycles. The van der Waals surface area contributed by atoms with Gasteiger partial charge in [0.25, 0.3) is 0 Å². The van der Waals surface area contributed by atoms with Crippen LogP contribution in [-0.4, -0.2) is 21.4 Å². The summed E-state index contributed by atoms with van der Waals surface area (Å²) in [6.45, 7) is 1.94. The molecule has 0 spiro atoms. The lowest BCUT2D eigenvalue weighted by atomic mass is 9.83. The Morgan fingerprint density at radius 2 is 2.15 bits per heavy atom. The topological polar surface area (TPSA) is 59.2 Å². The number of aliphatic hydroxyl groups excluding tert-OH is 1. The lowest BCUT2D eigenvalue weighted by Crippen LogP contribution is -2.14. The van der Waals surface area contributed by atoms with Gasteiger partial charge in [0, 0.05) is 5.92 Å². The molecule has 2 atom stereocenters. The van der Waals surface area contributed by atoms with Crippen LogP contribution >= 0.6 is 0 Å². The molecule has 3 rings (SSSR count). The molecule has 0 saturated heterocycles. The quantitative estimate of drug-likeness (QED) is 0.929. The van der Waals surface area contributed by atoms with E-state index in [9.17, 15) is 5.11 Å². The summed E-state index contributed by atoms with van der Waals surface area (Å²) in [5.41, 5.74) is 2.83. The summed E-state index contributed by atoms with van der Waals surface area (Å²) in [5.74, 6) is 1.67. The van der Waals surface area contributed by atoms with Gasteiger partial charge in [0.05, 0.1) is 12.5 Å². The molecule has 0 aliphatic heterocycles. The first kappa shape index (κ1) is 13.3. The first-order valence-corrected chi connectivity index (χ1v) is 7.33. The van der Waals surface area contributed by atoms with Gasteiger partial charge in [0.2, 0.25) is 5.89 Å². The Bertz CT molecular complexity index is 579. The van der Waals surface area contributed by atoms with Gasteiger partial charge in [0.15, 0.2) is 5.82 Å². The second kappa shape index (κ2) is 5.75. The summed E-state index contributed by atoms with van der Waals surface area (Å²) in [7, 11) is 0. The van der Waals surface area contributed by atoms with E-state index in [-0.39, 0.29) is 0 Å². The smallest absolute Gasteiger partial charge is 0.229 e. The highest BCUT2D eigenvalue weighted by Gasteiger charge is 2.24. The molecule has 4 nitrogen and oxygen atoms in total. The molecule has 1 aliphatic rings. The Kier molecular flexibility index (Phi) is 3.83. The predicted octanol–water partition coefficient (Wildman–Crippen LogP) is 2.66. The van der Waals surface area contributed by atoms with Gasteiger partial charge in [-0.1, -0.05) is 36.3 Å². The van der Waals surface area contributed by atoms with E-state index in [2.05, 4.69) is 34.4 Å². The highest BCUT2D eigenvalue weighted by Crippen LogP contribution is 2.31. The molecular weight excluding hydrogens is 252 g/mol. The average Bonchev–Trinajstić information content (AvgIpc) is 2.95. The Hall–Kier alpha value is -1.68. The van der Waals surface area contributed by atoms with Crippen molar-refractivity contribution in [1.29, 1.82) is 0 Å². The zero-order valence-electron chi connectivity index (χ0n) is 11.7. The van der Waals surface area contributed by atoms with Crippen molar-refractivity contribution in [3.8, 4) is 0 Å².